The average Bonchev–Trinajstić information content (AvgIpc) is 2.41. The minimum absolute atomic E-state index is 0.654. The molecule has 1 rings (SSSR count). The average molecular weight is 138 g/mol. The molecule has 0 amide bonds. The summed E-state index contributed by atoms with van der Waals surface area (Å²) < 4.78 is 0. The molecule has 0 aromatic heterocycles. The lowest BCUT2D eigenvalue weighted by atomic mass is 10.4. The van der Waals surface area contributed by atoms with E-state index in [1.807, 2.05) is 6.08 Å². The van der Waals surface area contributed by atoms with Gasteiger partial charge in [0.05, 0.1) is 0 Å². The van der Waals surface area contributed by atoms with E-state index in [9.17, 15) is 0 Å². The van der Waals surface area contributed by atoms with Gasteiger partial charge in [0.15, 0.2) is 0 Å². The van der Waals surface area contributed by atoms with E-state index in [4.69, 9.17) is 5.73 Å². The molecule has 0 radical (unpaired) electrons. The van der Waals surface area contributed by atoms with Gasteiger partial charge in [-0.2, -0.15) is 0 Å². The Morgan fingerprint density at radius 2 is 2.00 bits per heavy atom. The zero-order chi connectivity index (χ0) is 7.23. The molecule has 0 atom stereocenters. The molecule has 0 saturated heterocycles. The normalized spacial score (nSPS) is 19.3. The molecule has 2 heteroatoms. The molecular formula is C8H14N2. The molecule has 10 heavy (non-hydrogen) atoms. The predicted molar refractivity (Wildman–Crippen MR) is 43.8 cm³/mol. The van der Waals surface area contributed by atoms with Crippen molar-refractivity contribution in [1.29, 1.82) is 0 Å². The maximum absolute atomic E-state index is 5.29. The fourth-order valence-corrected chi connectivity index (χ4v) is 0.991. The fraction of sp³-hybridized carbons (Fsp3) is 0.500. The summed E-state index contributed by atoms with van der Waals surface area (Å²) in [5, 5.41) is 0. The zero-order valence-corrected chi connectivity index (χ0v) is 6.16. The van der Waals surface area contributed by atoms with Crippen molar-refractivity contribution in [3.8, 4) is 0 Å². The second-order valence-corrected chi connectivity index (χ2v) is 2.40. The fourth-order valence-electron chi connectivity index (χ4n) is 0.991. The minimum atomic E-state index is 0.654. The Morgan fingerprint density at radius 3 is 2.60 bits per heavy atom. The molecule has 0 aliphatic carbocycles. The summed E-state index contributed by atoms with van der Waals surface area (Å²) in [5.74, 6) is 0. The lowest BCUT2D eigenvalue weighted by Gasteiger charge is -2.10. The monoisotopic (exact) mass is 138 g/mol. The molecule has 0 saturated carbocycles. The first-order valence-corrected chi connectivity index (χ1v) is 3.66. The summed E-state index contributed by atoms with van der Waals surface area (Å²) in [5.41, 5.74) is 5.29. The van der Waals surface area contributed by atoms with Crippen LogP contribution in [0.3, 0.4) is 0 Å². The molecule has 1 aliphatic rings. The van der Waals surface area contributed by atoms with Crippen molar-refractivity contribution >= 4 is 0 Å². The van der Waals surface area contributed by atoms with Crippen molar-refractivity contribution in [2.45, 2.75) is 0 Å². The second-order valence-electron chi connectivity index (χ2n) is 2.40. The van der Waals surface area contributed by atoms with Crippen molar-refractivity contribution in [1.82, 2.24) is 4.90 Å². The van der Waals surface area contributed by atoms with E-state index in [1.54, 1.807) is 0 Å². The van der Waals surface area contributed by atoms with Gasteiger partial charge in [-0.1, -0.05) is 24.3 Å². The van der Waals surface area contributed by atoms with Gasteiger partial charge in [-0.3, -0.25) is 4.90 Å². The van der Waals surface area contributed by atoms with Crippen molar-refractivity contribution < 1.29 is 0 Å². The highest BCUT2D eigenvalue weighted by Gasteiger charge is 2.01. The molecule has 0 fully saturated rings. The van der Waals surface area contributed by atoms with Gasteiger partial charge in [0, 0.05) is 26.2 Å². The summed E-state index contributed by atoms with van der Waals surface area (Å²) in [7, 11) is 0. The smallest absolute Gasteiger partial charge is 0.0170 e. The van der Waals surface area contributed by atoms with Crippen LogP contribution in [0.5, 0.6) is 0 Å². The highest BCUT2D eigenvalue weighted by Crippen LogP contribution is 1.97. The molecule has 0 aromatic rings. The highest BCUT2D eigenvalue weighted by atomic mass is 15.1. The first kappa shape index (κ1) is 7.51. The maximum atomic E-state index is 5.29. The number of hydrogen-bond donors (Lipinski definition) is 1. The lowest BCUT2D eigenvalue weighted by Crippen LogP contribution is -2.19. The van der Waals surface area contributed by atoms with Crippen LogP contribution in [0.15, 0.2) is 24.3 Å². The van der Waals surface area contributed by atoms with E-state index in [0.717, 1.165) is 19.6 Å². The Balaban J connectivity index is 2.08. The molecule has 0 aromatic carbocycles. The Morgan fingerprint density at radius 1 is 1.30 bits per heavy atom. The maximum Gasteiger partial charge on any atom is 0.0170 e. The van der Waals surface area contributed by atoms with Gasteiger partial charge in [0.25, 0.3) is 0 Å². The van der Waals surface area contributed by atoms with Crippen molar-refractivity contribution in [3.05, 3.63) is 24.3 Å². The predicted octanol–water partition coefficient (Wildman–Crippen LogP) is 0.373. The number of nitrogens with zero attached hydrogens (tertiary/aromatic N) is 1. The Bertz CT molecular complexity index is 130. The van der Waals surface area contributed by atoms with Gasteiger partial charge < -0.3 is 5.73 Å². The van der Waals surface area contributed by atoms with E-state index < -0.39 is 0 Å². The molecule has 1 heterocycles. The van der Waals surface area contributed by atoms with Crippen LogP contribution < -0.4 is 5.73 Å². The summed E-state index contributed by atoms with van der Waals surface area (Å²) in [4.78, 5) is 2.34. The van der Waals surface area contributed by atoms with Crippen molar-refractivity contribution in [2.75, 3.05) is 26.2 Å². The summed E-state index contributed by atoms with van der Waals surface area (Å²) >= 11 is 0. The van der Waals surface area contributed by atoms with Gasteiger partial charge in [0.1, 0.15) is 0 Å². The summed E-state index contributed by atoms with van der Waals surface area (Å²) in [6.07, 6.45) is 8.50. The molecule has 2 N–H and O–H groups in total. The third-order valence-corrected chi connectivity index (χ3v) is 1.56. The molecule has 2 nitrogen and oxygen atoms in total. The zero-order valence-electron chi connectivity index (χ0n) is 6.16. The quantitative estimate of drug-likeness (QED) is 0.571. The first-order valence-electron chi connectivity index (χ1n) is 3.66. The second kappa shape index (κ2) is 4.25. The Hall–Kier alpha value is -0.600. The first-order chi connectivity index (χ1) is 4.93. The topological polar surface area (TPSA) is 29.3 Å². The summed E-state index contributed by atoms with van der Waals surface area (Å²) in [6, 6.07) is 0. The third kappa shape index (κ3) is 2.33. The molecule has 0 unspecified atom stereocenters. The van der Waals surface area contributed by atoms with E-state index >= 15 is 0 Å². The van der Waals surface area contributed by atoms with E-state index in [-0.39, 0.29) is 0 Å². The SMILES string of the molecule is NC/C=C/CN1CC=CC1. The molecule has 0 bridgehead atoms. The third-order valence-electron chi connectivity index (χ3n) is 1.56. The van der Waals surface area contributed by atoms with Gasteiger partial charge in [-0.25, -0.2) is 0 Å². The van der Waals surface area contributed by atoms with Gasteiger partial charge in [0.2, 0.25) is 0 Å². The van der Waals surface area contributed by atoms with Crippen LogP contribution in [0, 0.1) is 0 Å². The van der Waals surface area contributed by atoms with Gasteiger partial charge in [-0.05, 0) is 0 Å². The lowest BCUT2D eigenvalue weighted by molar-refractivity contribution is 0.392. The van der Waals surface area contributed by atoms with Crippen LogP contribution in [0.1, 0.15) is 0 Å². The molecular weight excluding hydrogens is 124 g/mol. The molecule has 0 spiro atoms. The van der Waals surface area contributed by atoms with Crippen molar-refractivity contribution in [3.63, 3.8) is 0 Å². The number of hydrogen-bond acceptors (Lipinski definition) is 2. The van der Waals surface area contributed by atoms with Crippen LogP contribution in [0.25, 0.3) is 0 Å². The van der Waals surface area contributed by atoms with Crippen LogP contribution >= 0.6 is 0 Å². The van der Waals surface area contributed by atoms with Crippen LogP contribution in [-0.2, 0) is 0 Å². The van der Waals surface area contributed by atoms with Crippen LogP contribution in [-0.4, -0.2) is 31.1 Å². The standard InChI is InChI=1S/C8H14N2/c9-5-1-2-6-10-7-3-4-8-10/h1-4H,5-9H2/b2-1+. The molecule has 1 aliphatic heterocycles. The van der Waals surface area contributed by atoms with Crippen LogP contribution in [0.4, 0.5) is 0 Å². The summed E-state index contributed by atoms with van der Waals surface area (Å²) in [6.45, 7) is 3.87. The minimum Gasteiger partial charge on any atom is -0.327 e. The van der Waals surface area contributed by atoms with Gasteiger partial charge in [-0.15, -0.1) is 0 Å². The number of rotatable bonds is 3. The Kier molecular flexibility index (Phi) is 3.19. The number of nitrogens with two attached hydrogens (primary N) is 1. The van der Waals surface area contributed by atoms with Crippen LogP contribution in [0.2, 0.25) is 0 Å². The Labute approximate surface area is 62.0 Å². The highest BCUT2D eigenvalue weighted by molar-refractivity contribution is 4.98. The van der Waals surface area contributed by atoms with Gasteiger partial charge >= 0.3 is 0 Å². The van der Waals surface area contributed by atoms with E-state index in [1.165, 1.54) is 0 Å². The molecule has 56 valence electrons. The largest absolute Gasteiger partial charge is 0.327 e. The van der Waals surface area contributed by atoms with E-state index in [2.05, 4.69) is 23.1 Å². The van der Waals surface area contributed by atoms with E-state index in [0.29, 0.717) is 6.54 Å². The van der Waals surface area contributed by atoms with Crippen molar-refractivity contribution in [2.24, 2.45) is 5.73 Å².